The molecule has 0 aliphatic rings. The largest absolute Gasteiger partial charge is 0.493 e. The first kappa shape index (κ1) is 19.9. The Morgan fingerprint density at radius 3 is 2.42 bits per heavy atom. The molecule has 1 amide bonds. The summed E-state index contributed by atoms with van der Waals surface area (Å²) < 4.78 is 10.4. The maximum absolute atomic E-state index is 11.7. The lowest BCUT2D eigenvalue weighted by Crippen LogP contribution is -2.34. The number of carbonyl (C=O) groups is 2. The molecule has 0 spiro atoms. The number of esters is 1. The van der Waals surface area contributed by atoms with Crippen LogP contribution in [0.15, 0.2) is 24.3 Å². The summed E-state index contributed by atoms with van der Waals surface area (Å²) in [4.78, 5) is 22.9. The number of ether oxygens (including phenoxy) is 2. The summed E-state index contributed by atoms with van der Waals surface area (Å²) in [6, 6.07) is 7.28. The molecule has 1 aromatic rings. The van der Waals surface area contributed by atoms with Gasteiger partial charge in [-0.1, -0.05) is 13.8 Å². The number of benzene rings is 1. The number of amides is 1. The molecule has 0 fully saturated rings. The van der Waals surface area contributed by atoms with Crippen LogP contribution in [0.2, 0.25) is 0 Å². The monoisotopic (exact) mass is 352 g/mol. The molecule has 0 radical (unpaired) electrons. The van der Waals surface area contributed by atoms with E-state index in [0.29, 0.717) is 19.1 Å². The maximum atomic E-state index is 11.7. The Bertz CT molecular complexity index is 558. The van der Waals surface area contributed by atoms with E-state index in [-0.39, 0.29) is 23.9 Å². The van der Waals surface area contributed by atoms with Crippen LogP contribution < -0.4 is 15.4 Å². The second-order valence-electron chi connectivity index (χ2n) is 5.54. The van der Waals surface area contributed by atoms with Gasteiger partial charge in [0.1, 0.15) is 5.75 Å². The number of hydrogen-bond donors (Lipinski definition) is 2. The Labute approximate surface area is 147 Å². The molecule has 2 N–H and O–H groups in total. The molecule has 0 aromatic heterocycles. The quantitative estimate of drug-likeness (QED) is 0.553. The average molecular weight is 352 g/mol. The molecule has 6 nitrogen and oxygen atoms in total. The minimum atomic E-state index is -0.400. The van der Waals surface area contributed by atoms with E-state index in [2.05, 4.69) is 24.5 Å². The van der Waals surface area contributed by atoms with Crippen molar-refractivity contribution in [1.29, 1.82) is 0 Å². The third-order valence-corrected chi connectivity index (χ3v) is 3.01. The number of anilines is 1. The molecule has 1 rings (SSSR count). The molecule has 0 aliphatic heterocycles. The third kappa shape index (κ3) is 8.47. The fourth-order valence-electron chi connectivity index (χ4n) is 1.70. The highest BCUT2D eigenvalue weighted by Crippen LogP contribution is 2.16. The van der Waals surface area contributed by atoms with Crippen LogP contribution in [0, 0.1) is 5.92 Å². The molecule has 0 saturated heterocycles. The molecule has 0 bridgehead atoms. The summed E-state index contributed by atoms with van der Waals surface area (Å²) in [6.45, 7) is 6.84. The second kappa shape index (κ2) is 10.6. The predicted molar refractivity (Wildman–Crippen MR) is 97.0 cm³/mol. The number of rotatable bonds is 8. The predicted octanol–water partition coefficient (Wildman–Crippen LogP) is 2.88. The number of hydrogen-bond acceptors (Lipinski definition) is 5. The Balaban J connectivity index is 2.36. The molecule has 0 saturated carbocycles. The molecule has 0 aliphatic carbocycles. The topological polar surface area (TPSA) is 76.7 Å². The van der Waals surface area contributed by atoms with Gasteiger partial charge in [-0.3, -0.25) is 9.59 Å². The van der Waals surface area contributed by atoms with Crippen molar-refractivity contribution in [2.45, 2.75) is 33.6 Å². The highest BCUT2D eigenvalue weighted by molar-refractivity contribution is 7.80. The Morgan fingerprint density at radius 2 is 1.83 bits per heavy atom. The summed E-state index contributed by atoms with van der Waals surface area (Å²) in [6.07, 6.45) is 0.0623. The van der Waals surface area contributed by atoms with Gasteiger partial charge in [0, 0.05) is 12.1 Å². The number of thiocarbonyl (C=S) groups is 1. The van der Waals surface area contributed by atoms with E-state index in [4.69, 9.17) is 21.7 Å². The van der Waals surface area contributed by atoms with Crippen molar-refractivity contribution >= 4 is 34.9 Å². The number of carbonyl (C=O) groups excluding carboxylic acids is 2. The molecule has 7 heteroatoms. The fraction of sp³-hybridized carbons (Fsp3) is 0.471. The van der Waals surface area contributed by atoms with Gasteiger partial charge >= 0.3 is 5.97 Å². The molecular weight excluding hydrogens is 328 g/mol. The molecule has 1 aromatic carbocycles. The molecule has 0 atom stereocenters. The van der Waals surface area contributed by atoms with E-state index in [1.54, 1.807) is 6.92 Å². The van der Waals surface area contributed by atoms with Gasteiger partial charge in [-0.05, 0) is 49.3 Å². The van der Waals surface area contributed by atoms with E-state index in [1.165, 1.54) is 0 Å². The van der Waals surface area contributed by atoms with Crippen LogP contribution in [0.5, 0.6) is 5.75 Å². The Hall–Kier alpha value is -2.15. The molecule has 132 valence electrons. The summed E-state index contributed by atoms with van der Waals surface area (Å²) in [7, 11) is 0. The van der Waals surface area contributed by atoms with Gasteiger partial charge < -0.3 is 20.1 Å². The van der Waals surface area contributed by atoms with E-state index in [9.17, 15) is 9.59 Å². The summed E-state index contributed by atoms with van der Waals surface area (Å²) in [5.41, 5.74) is 0.739. The van der Waals surface area contributed by atoms with Crippen molar-refractivity contribution < 1.29 is 19.1 Å². The van der Waals surface area contributed by atoms with Gasteiger partial charge in [-0.15, -0.1) is 0 Å². The Kier molecular flexibility index (Phi) is 8.78. The molecule has 0 unspecified atom stereocenters. The van der Waals surface area contributed by atoms with Gasteiger partial charge in [-0.25, -0.2) is 0 Å². The lowest BCUT2D eigenvalue weighted by molar-refractivity contribution is -0.144. The van der Waals surface area contributed by atoms with Gasteiger partial charge in [0.15, 0.2) is 5.11 Å². The second-order valence-corrected chi connectivity index (χ2v) is 5.94. The van der Waals surface area contributed by atoms with E-state index < -0.39 is 5.97 Å². The van der Waals surface area contributed by atoms with Crippen molar-refractivity contribution in [3.8, 4) is 5.75 Å². The summed E-state index contributed by atoms with van der Waals surface area (Å²) >= 11 is 5.07. The first-order valence-electron chi connectivity index (χ1n) is 7.90. The van der Waals surface area contributed by atoms with Gasteiger partial charge in [0.2, 0.25) is 5.91 Å². The zero-order valence-electron chi connectivity index (χ0n) is 14.3. The maximum Gasteiger partial charge on any atom is 0.306 e. The smallest absolute Gasteiger partial charge is 0.306 e. The zero-order chi connectivity index (χ0) is 17.9. The van der Waals surface area contributed by atoms with Crippen LogP contribution in [0.25, 0.3) is 0 Å². The Morgan fingerprint density at radius 1 is 1.17 bits per heavy atom. The first-order chi connectivity index (χ1) is 11.4. The fourth-order valence-corrected chi connectivity index (χ4v) is 1.93. The first-order valence-corrected chi connectivity index (χ1v) is 8.30. The van der Waals surface area contributed by atoms with E-state index >= 15 is 0 Å². The summed E-state index contributed by atoms with van der Waals surface area (Å²) in [5, 5.41) is 5.61. The van der Waals surface area contributed by atoms with E-state index in [1.807, 2.05) is 24.3 Å². The van der Waals surface area contributed by atoms with Crippen molar-refractivity contribution in [1.82, 2.24) is 5.32 Å². The molecular formula is C17H24N2O4S. The average Bonchev–Trinajstić information content (AvgIpc) is 2.52. The van der Waals surface area contributed by atoms with E-state index in [0.717, 1.165) is 11.4 Å². The van der Waals surface area contributed by atoms with Gasteiger partial charge in [0.05, 0.1) is 19.6 Å². The molecule has 0 heterocycles. The van der Waals surface area contributed by atoms with Crippen LogP contribution in [-0.4, -0.2) is 30.2 Å². The van der Waals surface area contributed by atoms with Crippen LogP contribution >= 0.6 is 12.2 Å². The highest BCUT2D eigenvalue weighted by atomic mass is 32.1. The minimum absolute atomic E-state index is 0.0304. The van der Waals surface area contributed by atoms with Crippen molar-refractivity contribution in [2.75, 3.05) is 18.5 Å². The number of nitrogens with one attached hydrogen (secondary N) is 2. The van der Waals surface area contributed by atoms with Gasteiger partial charge in [0.25, 0.3) is 0 Å². The lowest BCUT2D eigenvalue weighted by atomic mass is 10.2. The van der Waals surface area contributed by atoms with Crippen LogP contribution in [0.3, 0.4) is 0 Å². The standard InChI is InChI=1S/C17H24N2O4S/c1-4-22-16(21)10-9-15(20)19-17(24)18-13-5-7-14(8-6-13)23-11-12(2)3/h5-8,12H,4,9-11H2,1-3H3,(H2,18,19,20,24). The van der Waals surface area contributed by atoms with Crippen molar-refractivity contribution in [3.63, 3.8) is 0 Å². The molecule has 24 heavy (non-hydrogen) atoms. The highest BCUT2D eigenvalue weighted by Gasteiger charge is 2.09. The van der Waals surface area contributed by atoms with Crippen LogP contribution in [0.4, 0.5) is 5.69 Å². The lowest BCUT2D eigenvalue weighted by Gasteiger charge is -2.11. The zero-order valence-corrected chi connectivity index (χ0v) is 15.1. The van der Waals surface area contributed by atoms with Crippen molar-refractivity contribution in [2.24, 2.45) is 5.92 Å². The minimum Gasteiger partial charge on any atom is -0.493 e. The normalized spacial score (nSPS) is 10.2. The SMILES string of the molecule is CCOC(=O)CCC(=O)NC(=S)Nc1ccc(OCC(C)C)cc1. The van der Waals surface area contributed by atoms with Gasteiger partial charge in [-0.2, -0.15) is 0 Å². The van der Waals surface area contributed by atoms with Crippen LogP contribution in [-0.2, 0) is 14.3 Å². The third-order valence-electron chi connectivity index (χ3n) is 2.81. The summed E-state index contributed by atoms with van der Waals surface area (Å²) in [5.74, 6) is 0.500. The van der Waals surface area contributed by atoms with Crippen LogP contribution in [0.1, 0.15) is 33.6 Å². The van der Waals surface area contributed by atoms with Crippen molar-refractivity contribution in [3.05, 3.63) is 24.3 Å².